The molecule has 1 N–H and O–H groups in total. The molecular weight excluding hydrogens is 266 g/mol. The molecule has 1 aromatic rings. The zero-order chi connectivity index (χ0) is 14.2. The molecule has 104 valence electrons. The number of rotatable bonds is 3. The van der Waals surface area contributed by atoms with Crippen molar-refractivity contribution in [1.82, 2.24) is 0 Å². The molecule has 1 atom stereocenters. The Hall–Kier alpha value is -1.40. The monoisotopic (exact) mass is 283 g/mol. The summed E-state index contributed by atoms with van der Waals surface area (Å²) in [7, 11) is 0. The van der Waals surface area contributed by atoms with Crippen molar-refractivity contribution < 1.29 is 19.4 Å². The van der Waals surface area contributed by atoms with Gasteiger partial charge in [0.15, 0.2) is 0 Å². The van der Waals surface area contributed by atoms with Gasteiger partial charge >= 0.3 is 5.97 Å². The van der Waals surface area contributed by atoms with Crippen molar-refractivity contribution in [2.45, 2.75) is 33.3 Å². The van der Waals surface area contributed by atoms with Gasteiger partial charge in [-0.15, -0.1) is 11.3 Å². The number of esters is 1. The molecule has 0 saturated carbocycles. The maximum absolute atomic E-state index is 12.0. The molecule has 2 heterocycles. The lowest BCUT2D eigenvalue weighted by atomic mass is 10.1. The van der Waals surface area contributed by atoms with Crippen LogP contribution in [0.2, 0.25) is 0 Å². The van der Waals surface area contributed by atoms with Crippen LogP contribution < -0.4 is 4.90 Å². The van der Waals surface area contributed by atoms with Crippen LogP contribution in [0, 0.1) is 13.8 Å². The van der Waals surface area contributed by atoms with E-state index in [0.29, 0.717) is 17.2 Å². The summed E-state index contributed by atoms with van der Waals surface area (Å²) >= 11 is 1.39. The molecule has 2 rings (SSSR count). The number of ether oxygens (including phenoxy) is 1. The van der Waals surface area contributed by atoms with Gasteiger partial charge in [-0.2, -0.15) is 0 Å². The summed E-state index contributed by atoms with van der Waals surface area (Å²) in [5, 5.41) is 10.2. The first-order valence-corrected chi connectivity index (χ1v) is 7.02. The lowest BCUT2D eigenvalue weighted by molar-refractivity contribution is -0.117. The molecule has 1 aliphatic rings. The van der Waals surface area contributed by atoms with E-state index in [4.69, 9.17) is 4.74 Å². The smallest absolute Gasteiger partial charge is 0.341 e. The molecule has 0 bridgehead atoms. The van der Waals surface area contributed by atoms with Gasteiger partial charge in [0, 0.05) is 4.88 Å². The summed E-state index contributed by atoms with van der Waals surface area (Å²) in [6.45, 7) is 6.03. The van der Waals surface area contributed by atoms with Crippen molar-refractivity contribution in [3.63, 3.8) is 0 Å². The lowest BCUT2D eigenvalue weighted by Gasteiger charge is -2.15. The Kier molecular flexibility index (Phi) is 3.91. The number of aryl methyl sites for hydroxylation is 1. The first-order chi connectivity index (χ1) is 8.95. The van der Waals surface area contributed by atoms with E-state index in [0.717, 1.165) is 10.4 Å². The summed E-state index contributed by atoms with van der Waals surface area (Å²) in [6.07, 6.45) is -0.552. The number of carbonyl (C=O) groups is 2. The van der Waals surface area contributed by atoms with Crippen molar-refractivity contribution in [3.05, 3.63) is 16.0 Å². The summed E-state index contributed by atoms with van der Waals surface area (Å²) < 4.78 is 5.05. The molecule has 1 aliphatic heterocycles. The van der Waals surface area contributed by atoms with Crippen molar-refractivity contribution in [3.8, 4) is 0 Å². The van der Waals surface area contributed by atoms with Gasteiger partial charge in [0.1, 0.15) is 5.00 Å². The fourth-order valence-electron chi connectivity index (χ4n) is 2.13. The second kappa shape index (κ2) is 5.30. The van der Waals surface area contributed by atoms with Gasteiger partial charge in [-0.1, -0.05) is 0 Å². The van der Waals surface area contributed by atoms with E-state index in [1.54, 1.807) is 6.92 Å². The number of aliphatic hydroxyl groups excluding tert-OH is 1. The van der Waals surface area contributed by atoms with E-state index in [9.17, 15) is 14.7 Å². The van der Waals surface area contributed by atoms with Gasteiger partial charge in [0.2, 0.25) is 5.91 Å². The molecule has 6 heteroatoms. The number of amides is 1. The summed E-state index contributed by atoms with van der Waals surface area (Å²) in [5.74, 6) is -0.562. The van der Waals surface area contributed by atoms with Crippen molar-refractivity contribution >= 4 is 28.2 Å². The first-order valence-electron chi connectivity index (χ1n) is 6.21. The average molecular weight is 283 g/mol. The van der Waals surface area contributed by atoms with Crippen LogP contribution in [0.3, 0.4) is 0 Å². The Morgan fingerprint density at radius 1 is 1.53 bits per heavy atom. The minimum atomic E-state index is -0.662. The van der Waals surface area contributed by atoms with Gasteiger partial charge < -0.3 is 14.7 Å². The zero-order valence-electron chi connectivity index (χ0n) is 11.2. The number of anilines is 1. The van der Waals surface area contributed by atoms with Crippen LogP contribution in [0.5, 0.6) is 0 Å². The van der Waals surface area contributed by atoms with E-state index in [1.807, 2.05) is 13.8 Å². The molecule has 1 amide bonds. The van der Waals surface area contributed by atoms with Crippen LogP contribution in [0.25, 0.3) is 0 Å². The molecular formula is C13H17NO4S. The summed E-state index contributed by atoms with van der Waals surface area (Å²) in [6, 6.07) is 0. The van der Waals surface area contributed by atoms with Crippen LogP contribution in [-0.4, -0.2) is 36.2 Å². The summed E-state index contributed by atoms with van der Waals surface area (Å²) in [5.41, 5.74) is 1.29. The summed E-state index contributed by atoms with van der Waals surface area (Å²) in [4.78, 5) is 26.4. The van der Waals surface area contributed by atoms with Crippen molar-refractivity contribution in [1.29, 1.82) is 0 Å². The maximum Gasteiger partial charge on any atom is 0.341 e. The van der Waals surface area contributed by atoms with Gasteiger partial charge in [-0.05, 0) is 26.3 Å². The fraction of sp³-hybridized carbons (Fsp3) is 0.538. The Balaban J connectivity index is 2.43. The number of nitrogens with zero attached hydrogens (tertiary/aromatic N) is 1. The third-order valence-electron chi connectivity index (χ3n) is 3.20. The number of hydrogen-bond acceptors (Lipinski definition) is 5. The average Bonchev–Trinajstić information content (AvgIpc) is 2.80. The Bertz CT molecular complexity index is 523. The molecule has 1 unspecified atom stereocenters. The number of aliphatic hydroxyl groups is 1. The van der Waals surface area contributed by atoms with E-state index in [2.05, 4.69) is 0 Å². The minimum Gasteiger partial charge on any atom is -0.462 e. The second-order valence-corrected chi connectivity index (χ2v) is 5.75. The van der Waals surface area contributed by atoms with E-state index < -0.39 is 12.1 Å². The highest BCUT2D eigenvalue weighted by Gasteiger charge is 2.34. The normalized spacial score (nSPS) is 19.1. The molecule has 1 aromatic heterocycles. The predicted octanol–water partition coefficient (Wildman–Crippen LogP) is 1.64. The highest BCUT2D eigenvalue weighted by atomic mass is 32.1. The molecule has 0 radical (unpaired) electrons. The molecule has 0 aliphatic carbocycles. The van der Waals surface area contributed by atoms with Crippen LogP contribution >= 0.6 is 11.3 Å². The molecule has 5 nitrogen and oxygen atoms in total. The highest BCUT2D eigenvalue weighted by molar-refractivity contribution is 7.16. The Morgan fingerprint density at radius 2 is 2.21 bits per heavy atom. The highest BCUT2D eigenvalue weighted by Crippen LogP contribution is 2.37. The van der Waals surface area contributed by atoms with Crippen LogP contribution in [0.1, 0.15) is 34.1 Å². The van der Waals surface area contributed by atoms with Crippen LogP contribution in [0.15, 0.2) is 0 Å². The third kappa shape index (κ3) is 2.50. The van der Waals surface area contributed by atoms with Crippen molar-refractivity contribution in [2.75, 3.05) is 18.1 Å². The van der Waals surface area contributed by atoms with Crippen LogP contribution in [0.4, 0.5) is 5.00 Å². The number of carbonyl (C=O) groups excluding carboxylic acids is 2. The largest absolute Gasteiger partial charge is 0.462 e. The minimum absolute atomic E-state index is 0.109. The Labute approximate surface area is 115 Å². The molecule has 0 aromatic carbocycles. The molecule has 0 spiro atoms. The predicted molar refractivity (Wildman–Crippen MR) is 72.7 cm³/mol. The van der Waals surface area contributed by atoms with Gasteiger partial charge in [-0.3, -0.25) is 4.79 Å². The molecule has 1 saturated heterocycles. The number of β-amino-alcohol motifs (C(OH)–C–C–N with tert-alkyl or cyclic N) is 1. The molecule has 19 heavy (non-hydrogen) atoms. The SMILES string of the molecule is CCOC(=O)c1c(N2CC(O)CC2=O)sc(C)c1C. The van der Waals surface area contributed by atoms with Gasteiger partial charge in [-0.25, -0.2) is 4.79 Å². The van der Waals surface area contributed by atoms with Gasteiger partial charge in [0.25, 0.3) is 0 Å². The van der Waals surface area contributed by atoms with E-state index in [-0.39, 0.29) is 18.9 Å². The second-order valence-electron chi connectivity index (χ2n) is 4.55. The Morgan fingerprint density at radius 3 is 2.74 bits per heavy atom. The van der Waals surface area contributed by atoms with Crippen LogP contribution in [-0.2, 0) is 9.53 Å². The number of thiophene rings is 1. The quantitative estimate of drug-likeness (QED) is 0.856. The zero-order valence-corrected chi connectivity index (χ0v) is 12.0. The number of hydrogen-bond donors (Lipinski definition) is 1. The maximum atomic E-state index is 12.0. The molecule has 1 fully saturated rings. The first kappa shape index (κ1) is 14.0. The lowest BCUT2D eigenvalue weighted by Crippen LogP contribution is -2.26. The van der Waals surface area contributed by atoms with E-state index >= 15 is 0 Å². The van der Waals surface area contributed by atoms with Crippen molar-refractivity contribution in [2.24, 2.45) is 0 Å². The van der Waals surface area contributed by atoms with E-state index in [1.165, 1.54) is 16.2 Å². The third-order valence-corrected chi connectivity index (χ3v) is 4.43. The topological polar surface area (TPSA) is 66.8 Å². The standard InChI is InChI=1S/C13H17NO4S/c1-4-18-13(17)11-7(2)8(3)19-12(11)14-6-9(15)5-10(14)16/h9,15H,4-6H2,1-3H3. The fourth-order valence-corrected chi connectivity index (χ4v) is 3.30. The van der Waals surface area contributed by atoms with Gasteiger partial charge in [0.05, 0.1) is 31.2 Å².